The van der Waals surface area contributed by atoms with Crippen LogP contribution in [0.2, 0.25) is 0 Å². The number of ether oxygens (including phenoxy) is 1. The first kappa shape index (κ1) is 22.4. The van der Waals surface area contributed by atoms with Gasteiger partial charge >= 0.3 is 0 Å². The van der Waals surface area contributed by atoms with Crippen molar-refractivity contribution in [2.45, 2.75) is 26.8 Å². The molecule has 33 heavy (non-hydrogen) atoms. The third kappa shape index (κ3) is 4.04. The van der Waals surface area contributed by atoms with E-state index in [4.69, 9.17) is 4.74 Å². The molecule has 1 amide bonds. The second-order valence-corrected chi connectivity index (χ2v) is 9.10. The minimum atomic E-state index is -1.12. The number of aromatic nitrogens is 1. The van der Waals surface area contributed by atoms with E-state index < -0.39 is 29.1 Å². The largest absolute Gasteiger partial charge is 0.496 e. The summed E-state index contributed by atoms with van der Waals surface area (Å²) in [5.74, 6) is -2.24. The zero-order chi connectivity index (χ0) is 23.8. The molecule has 4 rings (SSSR count). The van der Waals surface area contributed by atoms with Crippen LogP contribution in [0.3, 0.4) is 0 Å². The summed E-state index contributed by atoms with van der Waals surface area (Å²) in [5.41, 5.74) is 2.33. The van der Waals surface area contributed by atoms with Gasteiger partial charge in [-0.15, -0.1) is 0 Å². The number of carbonyl (C=O) groups excluding carboxylic acids is 3. The van der Waals surface area contributed by atoms with Gasteiger partial charge in [0.05, 0.1) is 13.2 Å². The Morgan fingerprint density at radius 3 is 2.12 bits per heavy atom. The van der Waals surface area contributed by atoms with Gasteiger partial charge in [0.1, 0.15) is 11.7 Å². The minimum Gasteiger partial charge on any atom is -0.496 e. The van der Waals surface area contributed by atoms with Crippen molar-refractivity contribution in [2.75, 3.05) is 12.0 Å². The van der Waals surface area contributed by atoms with Crippen LogP contribution in [-0.2, 0) is 14.4 Å². The van der Waals surface area contributed by atoms with Crippen LogP contribution in [0.5, 0.6) is 5.75 Å². The van der Waals surface area contributed by atoms with Crippen LogP contribution in [0.1, 0.15) is 32.4 Å². The van der Waals surface area contributed by atoms with Gasteiger partial charge in [-0.1, -0.05) is 51.1 Å². The maximum absolute atomic E-state index is 13.4. The van der Waals surface area contributed by atoms with Gasteiger partial charge in [-0.3, -0.25) is 24.3 Å². The number of anilines is 1. The monoisotopic (exact) mass is 442 g/mol. The van der Waals surface area contributed by atoms with Crippen molar-refractivity contribution in [2.24, 2.45) is 11.3 Å². The number of methoxy groups -OCH3 is 1. The number of ketones is 2. The van der Waals surface area contributed by atoms with E-state index in [1.807, 2.05) is 36.4 Å². The van der Waals surface area contributed by atoms with E-state index in [2.05, 4.69) is 4.98 Å². The summed E-state index contributed by atoms with van der Waals surface area (Å²) in [7, 11) is 1.53. The first-order chi connectivity index (χ1) is 15.7. The molecule has 0 bridgehead atoms. The lowest BCUT2D eigenvalue weighted by Crippen LogP contribution is -2.36. The predicted molar refractivity (Wildman–Crippen MR) is 126 cm³/mol. The number of rotatable bonds is 5. The molecule has 0 N–H and O–H groups in total. The highest BCUT2D eigenvalue weighted by molar-refractivity contribution is 6.48. The topological polar surface area (TPSA) is 76.6 Å². The second kappa shape index (κ2) is 8.62. The third-order valence-electron chi connectivity index (χ3n) is 5.94. The van der Waals surface area contributed by atoms with Crippen LogP contribution in [0.4, 0.5) is 5.69 Å². The fraction of sp³-hybridized carbons (Fsp3) is 0.259. The smallest absolute Gasteiger partial charge is 0.295 e. The van der Waals surface area contributed by atoms with Crippen molar-refractivity contribution in [3.05, 3.63) is 78.6 Å². The van der Waals surface area contributed by atoms with Crippen LogP contribution in [0, 0.1) is 11.3 Å². The van der Waals surface area contributed by atoms with Crippen molar-refractivity contribution in [3.63, 3.8) is 0 Å². The highest BCUT2D eigenvalue weighted by atomic mass is 16.5. The van der Waals surface area contributed by atoms with Gasteiger partial charge in [-0.2, -0.15) is 0 Å². The van der Waals surface area contributed by atoms with E-state index >= 15 is 0 Å². The number of Topliss-reactive ketones (excluding diaryl/α,β-unsaturated/α-hetero) is 2. The molecule has 2 unspecified atom stereocenters. The first-order valence-electron chi connectivity index (χ1n) is 10.8. The molecule has 2 atom stereocenters. The predicted octanol–water partition coefficient (Wildman–Crippen LogP) is 4.65. The molecule has 0 spiro atoms. The third-order valence-corrected chi connectivity index (χ3v) is 5.94. The molecule has 168 valence electrons. The summed E-state index contributed by atoms with van der Waals surface area (Å²) in [5, 5.41) is 0. The molecule has 3 aromatic rings. The van der Waals surface area contributed by atoms with Gasteiger partial charge in [0, 0.05) is 29.1 Å². The van der Waals surface area contributed by atoms with E-state index in [0.29, 0.717) is 17.0 Å². The molecule has 1 aliphatic rings. The number of benzene rings is 2. The van der Waals surface area contributed by atoms with Gasteiger partial charge in [-0.25, -0.2) is 0 Å². The molecular formula is C27H26N2O4. The number of carbonyl (C=O) groups is 3. The van der Waals surface area contributed by atoms with Gasteiger partial charge in [-0.05, 0) is 41.5 Å². The molecule has 1 saturated heterocycles. The SMILES string of the molecule is COc1ccccc1C1C(C(=O)C(C)(C)C)C(=O)C(=O)N1c1ccc(-c2ccncc2)cc1. The fourth-order valence-corrected chi connectivity index (χ4v) is 4.27. The van der Waals surface area contributed by atoms with Crippen molar-refractivity contribution in [1.29, 1.82) is 0 Å². The van der Waals surface area contributed by atoms with Crippen LogP contribution in [0.25, 0.3) is 11.1 Å². The van der Waals surface area contributed by atoms with Crippen molar-refractivity contribution < 1.29 is 19.1 Å². The lowest BCUT2D eigenvalue weighted by Gasteiger charge is -2.30. The Kier molecular flexibility index (Phi) is 5.85. The molecule has 0 saturated carbocycles. The molecule has 1 aromatic heterocycles. The number of para-hydroxylation sites is 1. The molecule has 6 nitrogen and oxygen atoms in total. The zero-order valence-corrected chi connectivity index (χ0v) is 19.1. The molecular weight excluding hydrogens is 416 g/mol. The Balaban J connectivity index is 1.84. The normalized spacial score (nSPS) is 18.5. The molecule has 2 heterocycles. The summed E-state index contributed by atoms with van der Waals surface area (Å²) in [6, 6.07) is 17.6. The van der Waals surface area contributed by atoms with Crippen LogP contribution < -0.4 is 9.64 Å². The summed E-state index contributed by atoms with van der Waals surface area (Å²) in [6.07, 6.45) is 3.43. The number of hydrogen-bond donors (Lipinski definition) is 0. The van der Waals surface area contributed by atoms with Gasteiger partial charge in [0.15, 0.2) is 5.78 Å². The lowest BCUT2D eigenvalue weighted by molar-refractivity contribution is -0.141. The Morgan fingerprint density at radius 2 is 1.52 bits per heavy atom. The van der Waals surface area contributed by atoms with Gasteiger partial charge < -0.3 is 4.74 Å². The molecule has 0 aliphatic carbocycles. The quantitative estimate of drug-likeness (QED) is 0.425. The number of amides is 1. The van der Waals surface area contributed by atoms with E-state index in [0.717, 1.165) is 11.1 Å². The fourth-order valence-electron chi connectivity index (χ4n) is 4.27. The van der Waals surface area contributed by atoms with E-state index in [-0.39, 0.29) is 5.78 Å². The molecule has 1 aliphatic heterocycles. The maximum atomic E-state index is 13.4. The highest BCUT2D eigenvalue weighted by Crippen LogP contribution is 2.45. The summed E-state index contributed by atoms with van der Waals surface area (Å²) in [4.78, 5) is 45.3. The maximum Gasteiger partial charge on any atom is 0.295 e. The minimum absolute atomic E-state index is 0.271. The summed E-state index contributed by atoms with van der Waals surface area (Å²) < 4.78 is 5.54. The van der Waals surface area contributed by atoms with Crippen molar-refractivity contribution in [1.82, 2.24) is 4.98 Å². The molecule has 6 heteroatoms. The van der Waals surface area contributed by atoms with E-state index in [1.165, 1.54) is 12.0 Å². The Hall–Kier alpha value is -3.80. The second-order valence-electron chi connectivity index (χ2n) is 9.10. The Labute approximate surface area is 193 Å². The Bertz CT molecular complexity index is 1200. The van der Waals surface area contributed by atoms with Gasteiger partial charge in [0.25, 0.3) is 5.91 Å². The molecule has 2 aromatic carbocycles. The Morgan fingerprint density at radius 1 is 0.909 bits per heavy atom. The first-order valence-corrected chi connectivity index (χ1v) is 10.8. The number of hydrogen-bond acceptors (Lipinski definition) is 5. The number of pyridine rings is 1. The molecule has 1 fully saturated rings. The van der Waals surface area contributed by atoms with Crippen molar-refractivity contribution in [3.8, 4) is 16.9 Å². The molecule has 0 radical (unpaired) electrons. The number of nitrogens with zero attached hydrogens (tertiary/aromatic N) is 2. The van der Waals surface area contributed by atoms with E-state index in [9.17, 15) is 14.4 Å². The summed E-state index contributed by atoms with van der Waals surface area (Å²) in [6.45, 7) is 5.29. The van der Waals surface area contributed by atoms with E-state index in [1.54, 1.807) is 57.4 Å². The van der Waals surface area contributed by atoms with Crippen molar-refractivity contribution >= 4 is 23.2 Å². The van der Waals surface area contributed by atoms with Crippen LogP contribution >= 0.6 is 0 Å². The average Bonchev–Trinajstić information content (AvgIpc) is 3.08. The van der Waals surface area contributed by atoms with Gasteiger partial charge in [0.2, 0.25) is 5.78 Å². The lowest BCUT2D eigenvalue weighted by atomic mass is 9.77. The zero-order valence-electron chi connectivity index (χ0n) is 19.1. The van der Waals surface area contributed by atoms with Crippen LogP contribution in [0.15, 0.2) is 73.1 Å². The highest BCUT2D eigenvalue weighted by Gasteiger charge is 2.54. The van der Waals surface area contributed by atoms with Crippen LogP contribution in [-0.4, -0.2) is 29.6 Å². The summed E-state index contributed by atoms with van der Waals surface area (Å²) >= 11 is 0. The average molecular weight is 443 g/mol. The standard InChI is InChI=1S/C27H26N2O4/c1-27(2,3)25(31)22-23(20-7-5-6-8-21(20)33-4)29(26(32)24(22)30)19-11-9-17(10-12-19)18-13-15-28-16-14-18/h5-16,22-23H,1-4H3.